The Bertz CT molecular complexity index is 470. The fourth-order valence-electron chi connectivity index (χ4n) is 2.48. The van der Waals surface area contributed by atoms with E-state index in [1.54, 1.807) is 9.80 Å². The van der Waals surface area contributed by atoms with Gasteiger partial charge in [0, 0.05) is 26.2 Å². The predicted molar refractivity (Wildman–Crippen MR) is 81.7 cm³/mol. The van der Waals surface area contributed by atoms with Crippen molar-refractivity contribution in [2.45, 2.75) is 26.3 Å². The molecular formula is C16H23N3O2. The fraction of sp³-hybridized carbons (Fsp3) is 0.500. The van der Waals surface area contributed by atoms with Crippen LogP contribution in [0.15, 0.2) is 30.3 Å². The van der Waals surface area contributed by atoms with Gasteiger partial charge < -0.3 is 15.1 Å². The number of rotatable bonds is 5. The van der Waals surface area contributed by atoms with E-state index in [2.05, 4.69) is 5.32 Å². The molecule has 5 nitrogen and oxygen atoms in total. The highest BCUT2D eigenvalue weighted by Gasteiger charge is 2.19. The van der Waals surface area contributed by atoms with Crippen LogP contribution in [0.5, 0.6) is 0 Å². The van der Waals surface area contributed by atoms with Crippen LogP contribution in [0, 0.1) is 0 Å². The molecule has 1 saturated heterocycles. The molecule has 1 aliphatic rings. The summed E-state index contributed by atoms with van der Waals surface area (Å²) >= 11 is 0. The molecule has 0 saturated carbocycles. The normalized spacial score (nSPS) is 14.0. The van der Waals surface area contributed by atoms with Gasteiger partial charge in [-0.3, -0.25) is 4.79 Å². The topological polar surface area (TPSA) is 52.7 Å². The van der Waals surface area contributed by atoms with Crippen molar-refractivity contribution in [3.05, 3.63) is 35.9 Å². The number of nitrogens with zero attached hydrogens (tertiary/aromatic N) is 2. The van der Waals surface area contributed by atoms with Crippen LogP contribution in [0.4, 0.5) is 4.79 Å². The van der Waals surface area contributed by atoms with Gasteiger partial charge in [0.25, 0.3) is 0 Å². The Morgan fingerprint density at radius 1 is 1.19 bits per heavy atom. The number of likely N-dealkylation sites (tertiary alicyclic amines) is 1. The van der Waals surface area contributed by atoms with E-state index in [0.29, 0.717) is 13.1 Å². The minimum absolute atomic E-state index is 0.0473. The second-order valence-electron chi connectivity index (χ2n) is 5.25. The van der Waals surface area contributed by atoms with Gasteiger partial charge in [0.1, 0.15) is 0 Å². The number of carbonyl (C=O) groups is 2. The fourth-order valence-corrected chi connectivity index (χ4v) is 2.48. The maximum Gasteiger partial charge on any atom is 0.317 e. The zero-order valence-electron chi connectivity index (χ0n) is 12.5. The Morgan fingerprint density at radius 2 is 1.86 bits per heavy atom. The summed E-state index contributed by atoms with van der Waals surface area (Å²) in [5, 5.41) is 2.72. The minimum Gasteiger partial charge on any atom is -0.337 e. The van der Waals surface area contributed by atoms with Crippen LogP contribution in [0.3, 0.4) is 0 Å². The van der Waals surface area contributed by atoms with Gasteiger partial charge in [-0.25, -0.2) is 4.79 Å². The second-order valence-corrected chi connectivity index (χ2v) is 5.25. The number of amides is 3. The predicted octanol–water partition coefficient (Wildman–Crippen LogP) is 1.84. The van der Waals surface area contributed by atoms with E-state index in [-0.39, 0.29) is 18.5 Å². The SMILES string of the molecule is CCN(Cc1ccccc1)C(=O)CNC(=O)N1CCCC1. The largest absolute Gasteiger partial charge is 0.337 e. The van der Waals surface area contributed by atoms with Crippen LogP contribution in [0.2, 0.25) is 0 Å². The van der Waals surface area contributed by atoms with Gasteiger partial charge in [0.05, 0.1) is 6.54 Å². The molecule has 5 heteroatoms. The molecule has 1 N–H and O–H groups in total. The molecule has 0 unspecified atom stereocenters. The van der Waals surface area contributed by atoms with E-state index >= 15 is 0 Å². The van der Waals surface area contributed by atoms with Crippen molar-refractivity contribution in [3.63, 3.8) is 0 Å². The van der Waals surface area contributed by atoms with Crippen LogP contribution in [-0.2, 0) is 11.3 Å². The lowest BCUT2D eigenvalue weighted by atomic mass is 10.2. The maximum absolute atomic E-state index is 12.2. The van der Waals surface area contributed by atoms with Gasteiger partial charge in [-0.15, -0.1) is 0 Å². The average molecular weight is 289 g/mol. The first-order chi connectivity index (χ1) is 10.2. The molecule has 0 aromatic heterocycles. The summed E-state index contributed by atoms with van der Waals surface area (Å²) in [4.78, 5) is 27.6. The number of hydrogen-bond acceptors (Lipinski definition) is 2. The molecule has 0 aliphatic carbocycles. The van der Waals surface area contributed by atoms with Gasteiger partial charge in [0.15, 0.2) is 0 Å². The second kappa shape index (κ2) is 7.67. The lowest BCUT2D eigenvalue weighted by Gasteiger charge is -2.22. The third-order valence-electron chi connectivity index (χ3n) is 3.73. The molecule has 0 atom stereocenters. The Morgan fingerprint density at radius 3 is 2.48 bits per heavy atom. The summed E-state index contributed by atoms with van der Waals surface area (Å²) < 4.78 is 0. The van der Waals surface area contributed by atoms with Crippen LogP contribution < -0.4 is 5.32 Å². The maximum atomic E-state index is 12.2. The highest BCUT2D eigenvalue weighted by Crippen LogP contribution is 2.07. The smallest absolute Gasteiger partial charge is 0.317 e. The van der Waals surface area contributed by atoms with Gasteiger partial charge in [-0.2, -0.15) is 0 Å². The molecule has 0 spiro atoms. The standard InChI is InChI=1S/C16H23N3O2/c1-2-18(13-14-8-4-3-5-9-14)15(20)12-17-16(21)19-10-6-7-11-19/h3-5,8-9H,2,6-7,10-13H2,1H3,(H,17,21). The molecule has 1 aromatic rings. The molecule has 1 aromatic carbocycles. The lowest BCUT2D eigenvalue weighted by Crippen LogP contribution is -2.44. The first-order valence-corrected chi connectivity index (χ1v) is 7.55. The molecule has 0 radical (unpaired) electrons. The molecule has 3 amide bonds. The van der Waals surface area contributed by atoms with E-state index < -0.39 is 0 Å². The molecule has 114 valence electrons. The van der Waals surface area contributed by atoms with Crippen molar-refractivity contribution in [2.24, 2.45) is 0 Å². The van der Waals surface area contributed by atoms with Crippen molar-refractivity contribution >= 4 is 11.9 Å². The first kappa shape index (κ1) is 15.4. The number of urea groups is 1. The van der Waals surface area contributed by atoms with Crippen molar-refractivity contribution in [1.82, 2.24) is 15.1 Å². The molecule has 2 rings (SSSR count). The van der Waals surface area contributed by atoms with E-state index in [1.807, 2.05) is 37.3 Å². The molecule has 1 heterocycles. The third kappa shape index (κ3) is 4.48. The third-order valence-corrected chi connectivity index (χ3v) is 3.73. The first-order valence-electron chi connectivity index (χ1n) is 7.55. The van der Waals surface area contributed by atoms with Crippen molar-refractivity contribution in [3.8, 4) is 0 Å². The van der Waals surface area contributed by atoms with Crippen molar-refractivity contribution < 1.29 is 9.59 Å². The summed E-state index contributed by atoms with van der Waals surface area (Å²) in [6, 6.07) is 9.75. The quantitative estimate of drug-likeness (QED) is 0.899. The average Bonchev–Trinajstić information content (AvgIpc) is 3.05. The summed E-state index contributed by atoms with van der Waals surface area (Å²) in [5.74, 6) is -0.0473. The highest BCUT2D eigenvalue weighted by molar-refractivity contribution is 5.84. The zero-order chi connectivity index (χ0) is 15.1. The number of hydrogen-bond donors (Lipinski definition) is 1. The van der Waals surface area contributed by atoms with Gasteiger partial charge in [-0.05, 0) is 25.3 Å². The Labute approximate surface area is 125 Å². The monoisotopic (exact) mass is 289 g/mol. The van der Waals surface area contributed by atoms with E-state index in [9.17, 15) is 9.59 Å². The van der Waals surface area contributed by atoms with Gasteiger partial charge >= 0.3 is 6.03 Å². The summed E-state index contributed by atoms with van der Waals surface area (Å²) in [7, 11) is 0. The van der Waals surface area contributed by atoms with E-state index in [0.717, 1.165) is 31.5 Å². The number of benzene rings is 1. The van der Waals surface area contributed by atoms with Crippen molar-refractivity contribution in [1.29, 1.82) is 0 Å². The van der Waals surface area contributed by atoms with Crippen molar-refractivity contribution in [2.75, 3.05) is 26.2 Å². The Hall–Kier alpha value is -2.04. The highest BCUT2D eigenvalue weighted by atomic mass is 16.2. The molecule has 1 aliphatic heterocycles. The summed E-state index contributed by atoms with van der Waals surface area (Å²) in [5.41, 5.74) is 1.10. The van der Waals surface area contributed by atoms with E-state index in [4.69, 9.17) is 0 Å². The number of carbonyl (C=O) groups excluding carboxylic acids is 2. The zero-order valence-corrected chi connectivity index (χ0v) is 12.5. The van der Waals surface area contributed by atoms with E-state index in [1.165, 1.54) is 0 Å². The molecule has 21 heavy (non-hydrogen) atoms. The number of nitrogens with one attached hydrogen (secondary N) is 1. The molecule has 1 fully saturated rings. The Kier molecular flexibility index (Phi) is 5.60. The van der Waals surface area contributed by atoms with Crippen LogP contribution in [0.1, 0.15) is 25.3 Å². The Balaban J connectivity index is 1.81. The number of likely N-dealkylation sites (N-methyl/N-ethyl adjacent to an activating group) is 1. The molecular weight excluding hydrogens is 266 g/mol. The van der Waals surface area contributed by atoms with Gasteiger partial charge in [-0.1, -0.05) is 30.3 Å². The van der Waals surface area contributed by atoms with Crippen LogP contribution in [-0.4, -0.2) is 47.9 Å². The van der Waals surface area contributed by atoms with Crippen LogP contribution >= 0.6 is 0 Å². The lowest BCUT2D eigenvalue weighted by molar-refractivity contribution is -0.130. The molecule has 0 bridgehead atoms. The summed E-state index contributed by atoms with van der Waals surface area (Å²) in [6.45, 7) is 4.81. The minimum atomic E-state index is -0.128. The van der Waals surface area contributed by atoms with Crippen LogP contribution in [0.25, 0.3) is 0 Å². The van der Waals surface area contributed by atoms with Gasteiger partial charge in [0.2, 0.25) is 5.91 Å². The summed E-state index contributed by atoms with van der Waals surface area (Å²) in [6.07, 6.45) is 2.10.